The molecule has 3 rings (SSSR count). The van der Waals surface area contributed by atoms with Crippen LogP contribution in [-0.4, -0.2) is 48.4 Å². The highest BCUT2D eigenvalue weighted by molar-refractivity contribution is 5.32. The van der Waals surface area contributed by atoms with E-state index in [-0.39, 0.29) is 11.3 Å². The maximum Gasteiger partial charge on any atom is 0.573 e. The molecule has 0 saturated carbocycles. The van der Waals surface area contributed by atoms with E-state index in [1.165, 1.54) is 12.1 Å². The molecule has 0 spiro atoms. The summed E-state index contributed by atoms with van der Waals surface area (Å²) in [6.07, 6.45) is -3.46. The summed E-state index contributed by atoms with van der Waals surface area (Å²) in [7, 11) is 3.64. The smallest absolute Gasteiger partial charge is 0.406 e. The number of alkyl halides is 3. The second-order valence-electron chi connectivity index (χ2n) is 6.68. The first-order valence-electron chi connectivity index (χ1n) is 8.58. The van der Waals surface area contributed by atoms with Crippen LogP contribution in [0.1, 0.15) is 16.8 Å². The van der Waals surface area contributed by atoms with E-state index >= 15 is 0 Å². The van der Waals surface area contributed by atoms with E-state index in [4.69, 9.17) is 0 Å². The lowest BCUT2D eigenvalue weighted by Crippen LogP contribution is -2.26. The van der Waals surface area contributed by atoms with Crippen LogP contribution in [0.15, 0.2) is 29.1 Å². The highest BCUT2D eigenvalue weighted by Crippen LogP contribution is 2.23. The van der Waals surface area contributed by atoms with Gasteiger partial charge in [-0.1, -0.05) is 12.1 Å². The first kappa shape index (κ1) is 19.2. The Bertz CT molecular complexity index is 847. The molecule has 1 aliphatic heterocycles. The number of rotatable bonds is 4. The second-order valence-corrected chi connectivity index (χ2v) is 6.68. The summed E-state index contributed by atoms with van der Waals surface area (Å²) in [4.78, 5) is 23.6. The molecule has 146 valence electrons. The molecule has 1 aromatic heterocycles. The lowest BCUT2D eigenvalue weighted by atomic mass is 10.1. The van der Waals surface area contributed by atoms with Crippen LogP contribution in [0.4, 0.5) is 19.1 Å². The Balaban J connectivity index is 1.67. The monoisotopic (exact) mass is 382 g/mol. The maximum absolute atomic E-state index is 12.3. The number of benzene rings is 1. The number of hydrogen-bond acceptors (Lipinski definition) is 5. The normalized spacial score (nSPS) is 15.1. The molecule has 1 aliphatic rings. The Labute approximate surface area is 154 Å². The summed E-state index contributed by atoms with van der Waals surface area (Å²) >= 11 is 0. The number of aromatic nitrogens is 2. The number of H-pyrrole nitrogens is 1. The summed E-state index contributed by atoms with van der Waals surface area (Å²) in [5.74, 6) is 0.300. The largest absolute Gasteiger partial charge is 0.573 e. The number of aromatic amines is 1. The van der Waals surface area contributed by atoms with E-state index in [2.05, 4.69) is 19.6 Å². The number of ether oxygens (including phenoxy) is 1. The number of halogens is 3. The molecular formula is C18H21F3N4O2. The lowest BCUT2D eigenvalue weighted by molar-refractivity contribution is -0.274. The van der Waals surface area contributed by atoms with Crippen LogP contribution in [0.5, 0.6) is 5.75 Å². The Hall–Kier alpha value is -2.55. The lowest BCUT2D eigenvalue weighted by Gasteiger charge is -2.19. The van der Waals surface area contributed by atoms with Crippen LogP contribution in [-0.2, 0) is 19.4 Å². The van der Waals surface area contributed by atoms with Crippen molar-refractivity contribution in [2.75, 3.05) is 32.1 Å². The SMILES string of the molecule is CN(C)c1nc2c(c(=O)[nH]1)CCN(Cc1ccc(OC(F)(F)F)cc1)CC2. The molecule has 0 radical (unpaired) electrons. The van der Waals surface area contributed by atoms with Crippen LogP contribution in [0.3, 0.4) is 0 Å². The zero-order valence-corrected chi connectivity index (χ0v) is 15.1. The molecule has 0 aliphatic carbocycles. The van der Waals surface area contributed by atoms with Crippen LogP contribution >= 0.6 is 0 Å². The van der Waals surface area contributed by atoms with Gasteiger partial charge in [0.15, 0.2) is 0 Å². The van der Waals surface area contributed by atoms with Gasteiger partial charge in [-0.3, -0.25) is 14.7 Å². The van der Waals surface area contributed by atoms with Crippen molar-refractivity contribution in [3.05, 3.63) is 51.4 Å². The minimum absolute atomic E-state index is 0.112. The predicted molar refractivity (Wildman–Crippen MR) is 95.0 cm³/mol. The average molecular weight is 382 g/mol. The third-order valence-electron chi connectivity index (χ3n) is 4.42. The van der Waals surface area contributed by atoms with Crippen LogP contribution in [0.2, 0.25) is 0 Å². The molecule has 9 heteroatoms. The number of fused-ring (bicyclic) bond motifs is 1. The van der Waals surface area contributed by atoms with Gasteiger partial charge in [0.2, 0.25) is 5.95 Å². The number of nitrogens with one attached hydrogen (secondary N) is 1. The fraction of sp³-hybridized carbons (Fsp3) is 0.444. The molecule has 0 unspecified atom stereocenters. The summed E-state index contributed by atoms with van der Waals surface area (Å²) in [5, 5.41) is 0. The van der Waals surface area contributed by atoms with Gasteiger partial charge in [0.25, 0.3) is 5.56 Å². The standard InChI is InChI=1S/C18H21F3N4O2/c1-24(2)17-22-15-8-10-25(9-7-14(15)16(26)23-17)11-12-3-5-13(6-4-12)27-18(19,20)21/h3-6H,7-11H2,1-2H3,(H,22,23,26). The highest BCUT2D eigenvalue weighted by atomic mass is 19.4. The molecule has 2 aromatic rings. The van der Waals surface area contributed by atoms with Gasteiger partial charge in [-0.05, 0) is 24.1 Å². The van der Waals surface area contributed by atoms with Crippen molar-refractivity contribution in [3.63, 3.8) is 0 Å². The van der Waals surface area contributed by atoms with Crippen molar-refractivity contribution < 1.29 is 17.9 Å². The molecule has 27 heavy (non-hydrogen) atoms. The summed E-state index contributed by atoms with van der Waals surface area (Å²) < 4.78 is 40.6. The molecule has 1 aromatic carbocycles. The summed E-state index contributed by atoms with van der Waals surface area (Å²) in [5.41, 5.74) is 2.28. The van der Waals surface area contributed by atoms with Gasteiger partial charge >= 0.3 is 6.36 Å². The van der Waals surface area contributed by atoms with E-state index < -0.39 is 6.36 Å². The van der Waals surface area contributed by atoms with Gasteiger partial charge in [0.1, 0.15) is 5.75 Å². The predicted octanol–water partition coefficient (Wildman–Crippen LogP) is 2.34. The third kappa shape index (κ3) is 5.00. The van der Waals surface area contributed by atoms with Gasteiger partial charge in [-0.15, -0.1) is 13.2 Å². The first-order chi connectivity index (χ1) is 12.7. The molecule has 1 N–H and O–H groups in total. The second kappa shape index (κ2) is 7.59. The first-order valence-corrected chi connectivity index (χ1v) is 8.58. The van der Waals surface area contributed by atoms with Gasteiger partial charge in [-0.2, -0.15) is 0 Å². The Kier molecular flexibility index (Phi) is 5.41. The Morgan fingerprint density at radius 3 is 2.48 bits per heavy atom. The fourth-order valence-corrected chi connectivity index (χ4v) is 3.07. The summed E-state index contributed by atoms with van der Waals surface area (Å²) in [6.45, 7) is 1.98. The third-order valence-corrected chi connectivity index (χ3v) is 4.42. The van der Waals surface area contributed by atoms with E-state index in [0.29, 0.717) is 37.4 Å². The topological polar surface area (TPSA) is 61.5 Å². The molecule has 0 atom stereocenters. The van der Waals surface area contributed by atoms with Crippen molar-refractivity contribution in [1.82, 2.24) is 14.9 Å². The van der Waals surface area contributed by atoms with E-state index in [1.54, 1.807) is 17.0 Å². The zero-order chi connectivity index (χ0) is 19.6. The minimum Gasteiger partial charge on any atom is -0.406 e. The van der Waals surface area contributed by atoms with Crippen molar-refractivity contribution in [2.45, 2.75) is 25.7 Å². The minimum atomic E-state index is -4.69. The van der Waals surface area contributed by atoms with Crippen LogP contribution in [0.25, 0.3) is 0 Å². The van der Waals surface area contributed by atoms with Crippen molar-refractivity contribution in [2.24, 2.45) is 0 Å². The number of anilines is 1. The molecule has 0 bridgehead atoms. The van der Waals surface area contributed by atoms with Gasteiger partial charge in [-0.25, -0.2) is 4.98 Å². The van der Waals surface area contributed by atoms with E-state index in [1.807, 2.05) is 14.1 Å². The highest BCUT2D eigenvalue weighted by Gasteiger charge is 2.31. The fourth-order valence-electron chi connectivity index (χ4n) is 3.07. The van der Waals surface area contributed by atoms with E-state index in [9.17, 15) is 18.0 Å². The number of hydrogen-bond donors (Lipinski definition) is 1. The molecule has 2 heterocycles. The number of nitrogens with zero attached hydrogens (tertiary/aromatic N) is 3. The summed E-state index contributed by atoms with van der Waals surface area (Å²) in [6, 6.07) is 5.86. The average Bonchev–Trinajstić information content (AvgIpc) is 2.78. The molecule has 0 saturated heterocycles. The molecular weight excluding hydrogens is 361 g/mol. The Morgan fingerprint density at radius 2 is 1.85 bits per heavy atom. The molecule has 6 nitrogen and oxygen atoms in total. The van der Waals surface area contributed by atoms with Crippen molar-refractivity contribution >= 4 is 5.95 Å². The van der Waals surface area contributed by atoms with Crippen LogP contribution in [0, 0.1) is 0 Å². The van der Waals surface area contributed by atoms with Gasteiger partial charge in [0, 0.05) is 45.7 Å². The quantitative estimate of drug-likeness (QED) is 0.880. The van der Waals surface area contributed by atoms with E-state index in [0.717, 1.165) is 17.8 Å². The van der Waals surface area contributed by atoms with Gasteiger partial charge in [0.05, 0.1) is 5.69 Å². The maximum atomic E-state index is 12.3. The van der Waals surface area contributed by atoms with Crippen LogP contribution < -0.4 is 15.2 Å². The van der Waals surface area contributed by atoms with Crippen molar-refractivity contribution in [1.29, 1.82) is 0 Å². The Morgan fingerprint density at radius 1 is 1.19 bits per heavy atom. The molecule has 0 amide bonds. The zero-order valence-electron chi connectivity index (χ0n) is 15.1. The molecule has 0 fully saturated rings. The van der Waals surface area contributed by atoms with Crippen molar-refractivity contribution in [3.8, 4) is 5.75 Å². The van der Waals surface area contributed by atoms with Gasteiger partial charge < -0.3 is 9.64 Å².